The predicted octanol–water partition coefficient (Wildman–Crippen LogP) is 13.5. The van der Waals surface area contributed by atoms with Gasteiger partial charge in [0.05, 0.1) is 11.0 Å². The molecule has 0 heteroatoms. The van der Waals surface area contributed by atoms with Gasteiger partial charge < -0.3 is 0 Å². The first kappa shape index (κ1) is 20.8. The van der Waals surface area contributed by atoms with Crippen LogP contribution in [0.15, 0.2) is 194 Å². The molecule has 0 heterocycles. The van der Waals surface area contributed by atoms with E-state index in [1.807, 2.05) is 109 Å². The Morgan fingerprint density at radius 2 is 0.667 bits per heavy atom. The Hall–Kier alpha value is -6.24. The summed E-state index contributed by atoms with van der Waals surface area (Å²) in [6.45, 7) is 0. The molecule has 0 N–H and O–H groups in total. The van der Waals surface area contributed by atoms with Gasteiger partial charge in [-0.25, -0.2) is 0 Å². The van der Waals surface area contributed by atoms with E-state index < -0.39 is 24.2 Å². The van der Waals surface area contributed by atoms with Gasteiger partial charge in [-0.1, -0.05) is 170 Å². The molecular weight excluding hydrogens is 577 g/mol. The van der Waals surface area contributed by atoms with Gasteiger partial charge in [0.1, 0.15) is 0 Å². The number of hydrogen-bond acceptors (Lipinski definition) is 0. The lowest BCUT2D eigenvalue weighted by Gasteiger charge is -2.19. The topological polar surface area (TPSA) is 0 Å². The predicted molar refractivity (Wildman–Crippen MR) is 206 cm³/mol. The summed E-state index contributed by atoms with van der Waals surface area (Å²) in [7, 11) is 0. The number of rotatable bonds is 5. The fourth-order valence-corrected chi connectivity index (χ4v) is 6.77. The Morgan fingerprint density at radius 3 is 1.21 bits per heavy atom. The van der Waals surface area contributed by atoms with Crippen LogP contribution < -0.4 is 0 Å². The average molecular weight is 617 g/mol. The van der Waals surface area contributed by atoms with Crippen LogP contribution in [0, 0.1) is 0 Å². The Bertz CT molecular complexity index is 2890. The van der Waals surface area contributed by atoms with Gasteiger partial charge in [-0.3, -0.25) is 0 Å². The van der Waals surface area contributed by atoms with Gasteiger partial charge in [-0.05, 0) is 112 Å². The first-order valence-electron chi connectivity index (χ1n) is 19.9. The van der Waals surface area contributed by atoms with Crippen LogP contribution in [0.25, 0.3) is 88.0 Å². The minimum atomic E-state index is -0.427. The maximum Gasteiger partial charge on any atom is 0.0629 e. The maximum absolute atomic E-state index is 9.44. The van der Waals surface area contributed by atoms with Gasteiger partial charge in [-0.15, -0.1) is 0 Å². The van der Waals surface area contributed by atoms with Crippen LogP contribution in [0.3, 0.4) is 0 Å². The van der Waals surface area contributed by atoms with Crippen LogP contribution in [-0.2, 0) is 0 Å². The van der Waals surface area contributed by atoms with Crippen molar-refractivity contribution in [3.63, 3.8) is 0 Å². The molecule has 9 rings (SSSR count). The largest absolute Gasteiger partial charge is 0.0629 e. The molecular formula is C48H32. The van der Waals surface area contributed by atoms with Gasteiger partial charge in [-0.2, -0.15) is 0 Å². The van der Waals surface area contributed by atoms with Crippen molar-refractivity contribution in [2.75, 3.05) is 0 Å². The Morgan fingerprint density at radius 1 is 0.271 bits per heavy atom. The summed E-state index contributed by atoms with van der Waals surface area (Å²) in [5.74, 6) is 0. The molecule has 0 bridgehead atoms. The van der Waals surface area contributed by atoms with Gasteiger partial charge in [0.2, 0.25) is 0 Å². The molecule has 0 aliphatic rings. The molecule has 0 unspecified atom stereocenters. The summed E-state index contributed by atoms with van der Waals surface area (Å²) < 4.78 is 73.1. The molecule has 0 saturated heterocycles. The minimum Gasteiger partial charge on any atom is -0.0622 e. The van der Waals surface area contributed by atoms with Crippen molar-refractivity contribution in [3.05, 3.63) is 194 Å². The van der Waals surface area contributed by atoms with Crippen molar-refractivity contribution in [3.8, 4) is 55.6 Å². The molecule has 0 nitrogen and oxygen atoms in total. The fraction of sp³-hybridized carbons (Fsp3) is 0. The van der Waals surface area contributed by atoms with E-state index in [0.717, 1.165) is 44.2 Å². The highest BCUT2D eigenvalue weighted by Gasteiger charge is 2.18. The summed E-state index contributed by atoms with van der Waals surface area (Å²) in [5, 5.41) is 2.97. The number of hydrogen-bond donors (Lipinski definition) is 0. The lowest BCUT2D eigenvalue weighted by molar-refractivity contribution is 1.58. The second kappa shape index (κ2) is 11.8. The molecule has 9 aromatic carbocycles. The monoisotopic (exact) mass is 616 g/mol. The highest BCUT2D eigenvalue weighted by atomic mass is 14.2. The fourth-order valence-electron chi connectivity index (χ4n) is 6.77. The molecule has 0 atom stereocenters. The van der Waals surface area contributed by atoms with E-state index in [4.69, 9.17) is 5.48 Å². The molecule has 48 heavy (non-hydrogen) atoms. The third-order valence-electron chi connectivity index (χ3n) is 9.07. The van der Waals surface area contributed by atoms with Crippen LogP contribution in [0.4, 0.5) is 0 Å². The second-order valence-corrected chi connectivity index (χ2v) is 11.9. The maximum atomic E-state index is 9.44. The zero-order valence-electron chi connectivity index (χ0n) is 33.9. The van der Waals surface area contributed by atoms with E-state index in [0.29, 0.717) is 22.3 Å². The van der Waals surface area contributed by atoms with E-state index in [2.05, 4.69) is 36.4 Å². The third-order valence-corrected chi connectivity index (χ3v) is 9.07. The molecule has 224 valence electrons. The number of fused-ring (bicyclic) bond motifs is 3. The van der Waals surface area contributed by atoms with Gasteiger partial charge in [0.15, 0.2) is 0 Å². The third kappa shape index (κ3) is 4.96. The van der Waals surface area contributed by atoms with E-state index in [-0.39, 0.29) is 45.7 Å². The summed E-state index contributed by atoms with van der Waals surface area (Å²) in [6.07, 6.45) is 0. The molecule has 0 radical (unpaired) electrons. The van der Waals surface area contributed by atoms with E-state index in [1.54, 1.807) is 0 Å². The van der Waals surface area contributed by atoms with Crippen molar-refractivity contribution in [2.45, 2.75) is 0 Å². The highest BCUT2D eigenvalue weighted by Crippen LogP contribution is 2.45. The Balaban J connectivity index is 1.42. The summed E-state index contributed by atoms with van der Waals surface area (Å²) in [4.78, 5) is 0. The minimum absolute atomic E-state index is 0.186. The average Bonchev–Trinajstić information content (AvgIpc) is 3.25. The van der Waals surface area contributed by atoms with Crippen molar-refractivity contribution < 1.29 is 11.0 Å². The zero-order chi connectivity index (χ0) is 38.8. The lowest BCUT2D eigenvalue weighted by Crippen LogP contribution is -1.92. The lowest BCUT2D eigenvalue weighted by atomic mass is 9.84. The molecule has 0 saturated carbocycles. The van der Waals surface area contributed by atoms with Crippen molar-refractivity contribution in [2.24, 2.45) is 0 Å². The smallest absolute Gasteiger partial charge is 0.0622 e. The van der Waals surface area contributed by atoms with Crippen LogP contribution >= 0.6 is 0 Å². The first-order chi connectivity index (χ1) is 27.1. The zero-order valence-corrected chi connectivity index (χ0v) is 25.9. The second-order valence-electron chi connectivity index (χ2n) is 11.9. The first-order valence-corrected chi connectivity index (χ1v) is 15.9. The Labute approximate surface area is 292 Å². The molecule has 9 aromatic rings. The molecule has 0 fully saturated rings. The van der Waals surface area contributed by atoms with Crippen molar-refractivity contribution in [1.82, 2.24) is 0 Å². The van der Waals surface area contributed by atoms with Crippen molar-refractivity contribution >= 4 is 32.3 Å². The highest BCUT2D eigenvalue weighted by molar-refractivity contribution is 6.21. The van der Waals surface area contributed by atoms with Crippen molar-refractivity contribution in [1.29, 1.82) is 0 Å². The molecule has 0 aromatic heterocycles. The van der Waals surface area contributed by atoms with Crippen LogP contribution in [0.5, 0.6) is 0 Å². The SMILES string of the molecule is [2H]c1c([2H])c([2H])c2c(-c3cc(-c4ccccc4)cc(-c4ccccc4)c3)c3c([2H])c([2H])c([2H])c([2H])c3c(-c3ccc(-c4ccc5ccccc5c4)cc3)c2c1[2H]. The Kier molecular flexibility index (Phi) is 5.13. The van der Waals surface area contributed by atoms with E-state index in [1.165, 1.54) is 0 Å². The normalized spacial score (nSPS) is 13.7. The summed E-state index contributed by atoms with van der Waals surface area (Å²) in [5.41, 5.74) is 7.24. The summed E-state index contributed by atoms with van der Waals surface area (Å²) in [6, 6.07) is 44.7. The quantitative estimate of drug-likeness (QED) is 0.169. The van der Waals surface area contributed by atoms with Gasteiger partial charge in [0.25, 0.3) is 0 Å². The number of benzene rings is 9. The molecule has 0 amide bonds. The summed E-state index contributed by atoms with van der Waals surface area (Å²) >= 11 is 0. The van der Waals surface area contributed by atoms with Crippen LogP contribution in [0.1, 0.15) is 11.0 Å². The van der Waals surface area contributed by atoms with Gasteiger partial charge >= 0.3 is 0 Å². The molecule has 0 aliphatic heterocycles. The van der Waals surface area contributed by atoms with E-state index in [9.17, 15) is 5.48 Å². The van der Waals surface area contributed by atoms with Crippen LogP contribution in [-0.4, -0.2) is 0 Å². The molecule has 0 aliphatic carbocycles. The van der Waals surface area contributed by atoms with Crippen LogP contribution in [0.2, 0.25) is 0 Å². The standard InChI is InChI=1S/C48H32/c1-3-13-33(14-4-1)40-30-41(34-15-5-2-6-16-34)32-42(31-40)48-45-21-11-9-19-43(45)47(44-20-10-12-22-46(44)48)37-26-23-36(24-27-37)39-28-25-35-17-7-8-18-38(35)29-39/h1-32H/i9D,10D,11D,12D,19D,20D,21D,22D. The van der Waals surface area contributed by atoms with E-state index >= 15 is 0 Å². The molecule has 0 spiro atoms. The van der Waals surface area contributed by atoms with Gasteiger partial charge in [0, 0.05) is 0 Å².